The Hall–Kier alpha value is -2.67. The standard InChI is InChI=1S/C14H18ClNO.C12H15F2NO2/c1-3-7-14(8-4-2)11-9-10(15)5-6-12(11)16-13(14)17;1-2-3-6-17-8-4-5-9(12(15)16)10(7-8)11(13)14/h5-6,9H,3-4,7-8H2,1-2H3,(H,16,17);4-5,7,11H,2-3,6H2,1H3,(H2,15,16). The van der Waals surface area contributed by atoms with E-state index in [9.17, 15) is 18.4 Å². The monoisotopic (exact) mass is 494 g/mol. The van der Waals surface area contributed by atoms with Crippen molar-refractivity contribution >= 4 is 29.1 Å². The Morgan fingerprint density at radius 1 is 1.09 bits per heavy atom. The number of hydrogen-bond donors (Lipinski definition) is 2. The lowest BCUT2D eigenvalue weighted by atomic mass is 9.74. The molecule has 0 aromatic heterocycles. The summed E-state index contributed by atoms with van der Waals surface area (Å²) in [6, 6.07) is 9.59. The second kappa shape index (κ2) is 12.7. The van der Waals surface area contributed by atoms with Gasteiger partial charge in [-0.1, -0.05) is 51.6 Å². The maximum Gasteiger partial charge on any atom is 0.264 e. The number of carbonyl (C=O) groups is 2. The van der Waals surface area contributed by atoms with Crippen molar-refractivity contribution in [3.05, 3.63) is 58.1 Å². The molecule has 0 bridgehead atoms. The van der Waals surface area contributed by atoms with Gasteiger partial charge in [0.25, 0.3) is 6.43 Å². The van der Waals surface area contributed by atoms with Crippen LogP contribution >= 0.6 is 11.6 Å². The van der Waals surface area contributed by atoms with E-state index in [-0.39, 0.29) is 22.4 Å². The van der Waals surface area contributed by atoms with E-state index >= 15 is 0 Å². The number of alkyl halides is 2. The van der Waals surface area contributed by atoms with Crippen LogP contribution in [0.5, 0.6) is 5.75 Å². The molecule has 0 aliphatic carbocycles. The van der Waals surface area contributed by atoms with Crippen LogP contribution in [0.25, 0.3) is 0 Å². The van der Waals surface area contributed by atoms with Gasteiger partial charge in [-0.15, -0.1) is 0 Å². The number of anilines is 1. The second-order valence-electron chi connectivity index (χ2n) is 8.34. The predicted octanol–water partition coefficient (Wildman–Crippen LogP) is 7.03. The Morgan fingerprint density at radius 2 is 1.76 bits per heavy atom. The summed E-state index contributed by atoms with van der Waals surface area (Å²) in [6.07, 6.45) is 2.84. The highest BCUT2D eigenvalue weighted by Crippen LogP contribution is 2.45. The summed E-state index contributed by atoms with van der Waals surface area (Å²) < 4.78 is 30.7. The molecule has 2 aromatic rings. The van der Waals surface area contributed by atoms with Gasteiger partial charge in [0.15, 0.2) is 0 Å². The molecule has 0 saturated carbocycles. The molecule has 8 heteroatoms. The fourth-order valence-corrected chi connectivity index (χ4v) is 4.40. The van der Waals surface area contributed by atoms with E-state index < -0.39 is 12.3 Å². The minimum atomic E-state index is -2.74. The summed E-state index contributed by atoms with van der Waals surface area (Å²) >= 11 is 6.06. The van der Waals surface area contributed by atoms with Crippen molar-refractivity contribution in [2.75, 3.05) is 11.9 Å². The third kappa shape index (κ3) is 6.47. The summed E-state index contributed by atoms with van der Waals surface area (Å²) in [6.45, 7) is 6.71. The number of nitrogens with one attached hydrogen (secondary N) is 1. The summed E-state index contributed by atoms with van der Waals surface area (Å²) in [4.78, 5) is 23.2. The van der Waals surface area contributed by atoms with Crippen molar-refractivity contribution in [1.29, 1.82) is 0 Å². The van der Waals surface area contributed by atoms with Gasteiger partial charge in [0.2, 0.25) is 11.8 Å². The number of primary amides is 1. The molecule has 5 nitrogen and oxygen atoms in total. The Labute approximate surface area is 205 Å². The van der Waals surface area contributed by atoms with Gasteiger partial charge in [-0.3, -0.25) is 9.59 Å². The number of halogens is 3. The lowest BCUT2D eigenvalue weighted by Crippen LogP contribution is -2.34. The van der Waals surface area contributed by atoms with E-state index in [1.165, 1.54) is 18.2 Å². The molecule has 186 valence electrons. The van der Waals surface area contributed by atoms with Gasteiger partial charge >= 0.3 is 0 Å². The third-order valence-corrected chi connectivity index (χ3v) is 6.06. The molecule has 2 aromatic carbocycles. The number of hydrogen-bond acceptors (Lipinski definition) is 3. The normalized spacial score (nSPS) is 13.7. The van der Waals surface area contributed by atoms with Gasteiger partial charge < -0.3 is 15.8 Å². The fraction of sp³-hybridized carbons (Fsp3) is 0.462. The molecule has 2 amide bonds. The SMILES string of the molecule is CCCC1(CCC)C(=O)Nc2ccc(Cl)cc21.CCCCOc1ccc(C(N)=O)c(C(F)F)c1. The third-order valence-electron chi connectivity index (χ3n) is 5.82. The number of unbranched alkanes of at least 4 members (excludes halogenated alkanes) is 1. The first kappa shape index (κ1) is 27.6. The van der Waals surface area contributed by atoms with Gasteiger partial charge in [-0.05, 0) is 61.2 Å². The number of carbonyl (C=O) groups excluding carboxylic acids is 2. The van der Waals surface area contributed by atoms with E-state index in [4.69, 9.17) is 22.1 Å². The summed E-state index contributed by atoms with van der Waals surface area (Å²) in [5, 5.41) is 3.69. The molecular formula is C26H33ClF2N2O3. The summed E-state index contributed by atoms with van der Waals surface area (Å²) in [7, 11) is 0. The average Bonchev–Trinajstić information content (AvgIpc) is 3.05. The first-order chi connectivity index (χ1) is 16.2. The molecule has 1 aliphatic rings. The molecule has 3 rings (SSSR count). The van der Waals surface area contributed by atoms with Crippen molar-refractivity contribution in [3.8, 4) is 5.75 Å². The molecule has 1 heterocycles. The Morgan fingerprint density at radius 3 is 2.32 bits per heavy atom. The zero-order chi connectivity index (χ0) is 25.3. The van der Waals surface area contributed by atoms with E-state index in [0.29, 0.717) is 17.4 Å². The van der Waals surface area contributed by atoms with Gasteiger partial charge in [-0.2, -0.15) is 0 Å². The van der Waals surface area contributed by atoms with Crippen LogP contribution < -0.4 is 15.8 Å². The van der Waals surface area contributed by atoms with Gasteiger partial charge in [-0.25, -0.2) is 8.78 Å². The van der Waals surface area contributed by atoms with Crippen LogP contribution in [0, 0.1) is 0 Å². The average molecular weight is 495 g/mol. The Balaban J connectivity index is 0.000000240. The highest BCUT2D eigenvalue weighted by atomic mass is 35.5. The molecular weight excluding hydrogens is 462 g/mol. The summed E-state index contributed by atoms with van der Waals surface area (Å²) in [5.74, 6) is -0.391. The number of nitrogens with two attached hydrogens (primary N) is 1. The minimum Gasteiger partial charge on any atom is -0.494 e. The van der Waals surface area contributed by atoms with Crippen LogP contribution in [0.1, 0.15) is 87.2 Å². The van der Waals surface area contributed by atoms with Gasteiger partial charge in [0.1, 0.15) is 5.75 Å². The van der Waals surface area contributed by atoms with Crippen LogP contribution in [0.3, 0.4) is 0 Å². The number of rotatable bonds is 10. The summed E-state index contributed by atoms with van der Waals surface area (Å²) in [5.41, 5.74) is 6.12. The number of fused-ring (bicyclic) bond motifs is 1. The topological polar surface area (TPSA) is 81.4 Å². The fourth-order valence-electron chi connectivity index (χ4n) is 4.23. The maximum atomic E-state index is 12.7. The largest absolute Gasteiger partial charge is 0.494 e. The van der Waals surface area contributed by atoms with Crippen LogP contribution in [0.2, 0.25) is 5.02 Å². The predicted molar refractivity (Wildman–Crippen MR) is 132 cm³/mol. The molecule has 0 fully saturated rings. The number of amides is 2. The van der Waals surface area contributed by atoms with Crippen LogP contribution in [0.15, 0.2) is 36.4 Å². The quantitative estimate of drug-likeness (QED) is 0.348. The Bertz CT molecular complexity index is 992. The van der Waals surface area contributed by atoms with Gasteiger partial charge in [0.05, 0.1) is 12.0 Å². The highest BCUT2D eigenvalue weighted by molar-refractivity contribution is 6.31. The first-order valence-electron chi connectivity index (χ1n) is 11.7. The molecule has 0 unspecified atom stereocenters. The lowest BCUT2D eigenvalue weighted by molar-refractivity contribution is -0.121. The van der Waals surface area contributed by atoms with Crippen LogP contribution in [-0.4, -0.2) is 18.4 Å². The Kier molecular flexibility index (Phi) is 10.3. The first-order valence-corrected chi connectivity index (χ1v) is 12.0. The maximum absolute atomic E-state index is 12.7. The van der Waals surface area contributed by atoms with Crippen molar-refractivity contribution in [2.45, 2.75) is 71.1 Å². The lowest BCUT2D eigenvalue weighted by Gasteiger charge is -2.26. The van der Waals surface area contributed by atoms with Crippen molar-refractivity contribution in [2.24, 2.45) is 5.73 Å². The van der Waals surface area contributed by atoms with E-state index in [0.717, 1.165) is 49.8 Å². The van der Waals surface area contributed by atoms with Crippen molar-refractivity contribution < 1.29 is 23.1 Å². The second-order valence-corrected chi connectivity index (χ2v) is 8.78. The zero-order valence-corrected chi connectivity index (χ0v) is 20.7. The number of ether oxygens (including phenoxy) is 1. The van der Waals surface area contributed by atoms with E-state index in [1.54, 1.807) is 0 Å². The van der Waals surface area contributed by atoms with Crippen LogP contribution in [0.4, 0.5) is 14.5 Å². The molecule has 34 heavy (non-hydrogen) atoms. The molecule has 3 N–H and O–H groups in total. The van der Waals surface area contributed by atoms with E-state index in [1.807, 2.05) is 25.1 Å². The van der Waals surface area contributed by atoms with Crippen molar-refractivity contribution in [1.82, 2.24) is 0 Å². The molecule has 0 atom stereocenters. The molecule has 0 saturated heterocycles. The number of benzene rings is 2. The highest BCUT2D eigenvalue weighted by Gasteiger charge is 2.45. The smallest absolute Gasteiger partial charge is 0.264 e. The molecule has 0 spiro atoms. The minimum absolute atomic E-state index is 0.137. The zero-order valence-electron chi connectivity index (χ0n) is 19.9. The van der Waals surface area contributed by atoms with Crippen molar-refractivity contribution in [3.63, 3.8) is 0 Å². The van der Waals surface area contributed by atoms with Gasteiger partial charge in [0, 0.05) is 21.8 Å². The molecule has 1 aliphatic heterocycles. The molecule has 0 radical (unpaired) electrons. The van der Waals surface area contributed by atoms with Crippen LogP contribution in [-0.2, 0) is 10.2 Å². The van der Waals surface area contributed by atoms with E-state index in [2.05, 4.69) is 19.2 Å².